The minimum Gasteiger partial charge on any atom is -0.310 e. The molecule has 0 spiro atoms. The van der Waals surface area contributed by atoms with Gasteiger partial charge in [-0.05, 0) is 25.0 Å². The van der Waals surface area contributed by atoms with Crippen molar-refractivity contribution in [2.24, 2.45) is 5.92 Å². The lowest BCUT2D eigenvalue weighted by atomic mass is 10.1. The van der Waals surface area contributed by atoms with Crippen molar-refractivity contribution in [3.63, 3.8) is 0 Å². The van der Waals surface area contributed by atoms with Gasteiger partial charge in [0.2, 0.25) is 5.91 Å². The summed E-state index contributed by atoms with van der Waals surface area (Å²) in [5.74, 6) is 0.697. The van der Waals surface area contributed by atoms with Gasteiger partial charge in [-0.2, -0.15) is 0 Å². The molecule has 1 N–H and O–H groups in total. The molecular weight excluding hydrogens is 176 g/mol. The smallest absolute Gasteiger partial charge is 0.228 e. The molecule has 0 aromatic carbocycles. The summed E-state index contributed by atoms with van der Waals surface area (Å²) in [6, 6.07) is 3.74. The Kier molecular flexibility index (Phi) is 3.63. The highest BCUT2D eigenvalue weighted by molar-refractivity contribution is 5.91. The van der Waals surface area contributed by atoms with Gasteiger partial charge in [0.1, 0.15) is 5.82 Å². The normalized spacial score (nSPS) is 12.2. The van der Waals surface area contributed by atoms with Gasteiger partial charge in [0.05, 0.1) is 0 Å². The SMILES string of the molecule is CC[C@@H](C)C(=O)Nc1ccc(C)cn1. The van der Waals surface area contributed by atoms with Gasteiger partial charge >= 0.3 is 0 Å². The molecule has 3 nitrogen and oxygen atoms in total. The lowest BCUT2D eigenvalue weighted by molar-refractivity contribution is -0.119. The Morgan fingerprint density at radius 3 is 2.79 bits per heavy atom. The van der Waals surface area contributed by atoms with Crippen LogP contribution in [0.3, 0.4) is 0 Å². The first kappa shape index (κ1) is 10.7. The summed E-state index contributed by atoms with van der Waals surface area (Å²) in [6.07, 6.45) is 2.59. The van der Waals surface area contributed by atoms with E-state index in [2.05, 4.69) is 10.3 Å². The second-order valence-electron chi connectivity index (χ2n) is 3.52. The molecule has 0 saturated heterocycles. The van der Waals surface area contributed by atoms with Crippen molar-refractivity contribution < 1.29 is 4.79 Å². The second-order valence-corrected chi connectivity index (χ2v) is 3.52. The van der Waals surface area contributed by atoms with Crippen molar-refractivity contribution in [3.05, 3.63) is 23.9 Å². The van der Waals surface area contributed by atoms with Crippen LogP contribution in [0.15, 0.2) is 18.3 Å². The fraction of sp³-hybridized carbons (Fsp3) is 0.455. The average molecular weight is 192 g/mol. The van der Waals surface area contributed by atoms with Gasteiger partial charge in [-0.1, -0.05) is 19.9 Å². The fourth-order valence-electron chi connectivity index (χ4n) is 0.977. The Hall–Kier alpha value is -1.38. The summed E-state index contributed by atoms with van der Waals surface area (Å²) in [7, 11) is 0. The number of anilines is 1. The van der Waals surface area contributed by atoms with Crippen molar-refractivity contribution in [1.29, 1.82) is 0 Å². The lowest BCUT2D eigenvalue weighted by Crippen LogP contribution is -2.20. The number of hydrogen-bond acceptors (Lipinski definition) is 2. The number of aryl methyl sites for hydroxylation is 1. The Morgan fingerprint density at radius 2 is 2.29 bits per heavy atom. The first-order chi connectivity index (χ1) is 6.63. The largest absolute Gasteiger partial charge is 0.310 e. The van der Waals surface area contributed by atoms with Crippen molar-refractivity contribution in [2.75, 3.05) is 5.32 Å². The van der Waals surface area contributed by atoms with Crippen molar-refractivity contribution in [3.8, 4) is 0 Å². The van der Waals surface area contributed by atoms with Gasteiger partial charge in [-0.3, -0.25) is 4.79 Å². The minimum atomic E-state index is 0.0313. The summed E-state index contributed by atoms with van der Waals surface area (Å²) < 4.78 is 0. The number of carbonyl (C=O) groups excluding carboxylic acids is 1. The van der Waals surface area contributed by atoms with Crippen LogP contribution < -0.4 is 5.32 Å². The molecule has 1 amide bonds. The van der Waals surface area contributed by atoms with Gasteiger partial charge in [0, 0.05) is 12.1 Å². The number of aromatic nitrogens is 1. The van der Waals surface area contributed by atoms with E-state index in [0.29, 0.717) is 5.82 Å². The number of amides is 1. The summed E-state index contributed by atoms with van der Waals surface area (Å²) in [5.41, 5.74) is 1.09. The summed E-state index contributed by atoms with van der Waals surface area (Å²) in [4.78, 5) is 15.6. The lowest BCUT2D eigenvalue weighted by Gasteiger charge is -2.08. The van der Waals surface area contributed by atoms with E-state index in [1.807, 2.05) is 32.9 Å². The van der Waals surface area contributed by atoms with Crippen LogP contribution in [0.25, 0.3) is 0 Å². The third kappa shape index (κ3) is 2.83. The molecule has 1 heterocycles. The van der Waals surface area contributed by atoms with E-state index in [1.54, 1.807) is 6.20 Å². The maximum atomic E-state index is 11.5. The molecule has 1 aromatic rings. The van der Waals surface area contributed by atoms with Crippen LogP contribution in [0.1, 0.15) is 25.8 Å². The van der Waals surface area contributed by atoms with Crippen LogP contribution in [0, 0.1) is 12.8 Å². The molecule has 0 saturated carbocycles. The van der Waals surface area contributed by atoms with Crippen LogP contribution in [-0.4, -0.2) is 10.9 Å². The third-order valence-corrected chi connectivity index (χ3v) is 2.22. The van der Waals surface area contributed by atoms with Crippen molar-refractivity contribution in [2.45, 2.75) is 27.2 Å². The molecule has 0 bridgehead atoms. The van der Waals surface area contributed by atoms with Gasteiger partial charge in [0.15, 0.2) is 0 Å². The number of hydrogen-bond donors (Lipinski definition) is 1. The number of nitrogens with one attached hydrogen (secondary N) is 1. The first-order valence-electron chi connectivity index (χ1n) is 4.87. The van der Waals surface area contributed by atoms with E-state index in [-0.39, 0.29) is 11.8 Å². The average Bonchev–Trinajstić information content (AvgIpc) is 2.20. The minimum absolute atomic E-state index is 0.0313. The predicted octanol–water partition coefficient (Wildman–Crippen LogP) is 2.37. The topological polar surface area (TPSA) is 42.0 Å². The van der Waals surface area contributed by atoms with Gasteiger partial charge in [-0.15, -0.1) is 0 Å². The second kappa shape index (κ2) is 4.74. The Morgan fingerprint density at radius 1 is 1.57 bits per heavy atom. The zero-order valence-corrected chi connectivity index (χ0v) is 8.87. The fourth-order valence-corrected chi connectivity index (χ4v) is 0.977. The number of nitrogens with zero attached hydrogens (tertiary/aromatic N) is 1. The van der Waals surface area contributed by atoms with E-state index in [4.69, 9.17) is 0 Å². The molecule has 0 aliphatic rings. The Bertz CT molecular complexity index is 306. The standard InChI is InChI=1S/C11H16N2O/c1-4-9(3)11(14)13-10-6-5-8(2)7-12-10/h5-7,9H,4H2,1-3H3,(H,12,13,14)/t9-/m1/s1. The molecule has 0 radical (unpaired) electrons. The van der Waals surface area contributed by atoms with Gasteiger partial charge in [0.25, 0.3) is 0 Å². The predicted molar refractivity (Wildman–Crippen MR) is 57.1 cm³/mol. The van der Waals surface area contributed by atoms with Crippen molar-refractivity contribution in [1.82, 2.24) is 4.98 Å². The molecular formula is C11H16N2O. The molecule has 1 rings (SSSR count). The third-order valence-electron chi connectivity index (χ3n) is 2.22. The maximum Gasteiger partial charge on any atom is 0.228 e. The van der Waals surface area contributed by atoms with Crippen LogP contribution in [0.4, 0.5) is 5.82 Å². The van der Waals surface area contributed by atoms with E-state index in [0.717, 1.165) is 12.0 Å². The summed E-state index contributed by atoms with van der Waals surface area (Å²) >= 11 is 0. The number of rotatable bonds is 3. The number of carbonyl (C=O) groups is 1. The number of pyridine rings is 1. The molecule has 76 valence electrons. The van der Waals surface area contributed by atoms with E-state index >= 15 is 0 Å². The molecule has 14 heavy (non-hydrogen) atoms. The summed E-state index contributed by atoms with van der Waals surface area (Å²) in [5, 5.41) is 2.77. The van der Waals surface area contributed by atoms with Gasteiger partial charge in [-0.25, -0.2) is 4.98 Å². The molecule has 0 fully saturated rings. The zero-order valence-electron chi connectivity index (χ0n) is 8.87. The maximum absolute atomic E-state index is 11.5. The molecule has 1 atom stereocenters. The van der Waals surface area contributed by atoms with Gasteiger partial charge < -0.3 is 5.32 Å². The van der Waals surface area contributed by atoms with Crippen molar-refractivity contribution >= 4 is 11.7 Å². The highest BCUT2D eigenvalue weighted by atomic mass is 16.1. The highest BCUT2D eigenvalue weighted by Gasteiger charge is 2.10. The van der Waals surface area contributed by atoms with Crippen LogP contribution in [-0.2, 0) is 4.79 Å². The van der Waals surface area contributed by atoms with Crippen LogP contribution in [0.2, 0.25) is 0 Å². The molecule has 0 aliphatic heterocycles. The molecule has 0 unspecified atom stereocenters. The monoisotopic (exact) mass is 192 g/mol. The quantitative estimate of drug-likeness (QED) is 0.798. The van der Waals surface area contributed by atoms with E-state index in [1.165, 1.54) is 0 Å². The Labute approximate surface area is 84.6 Å². The molecule has 1 aromatic heterocycles. The first-order valence-corrected chi connectivity index (χ1v) is 4.87. The summed E-state index contributed by atoms with van der Waals surface area (Å²) in [6.45, 7) is 5.86. The Balaban J connectivity index is 2.60. The highest BCUT2D eigenvalue weighted by Crippen LogP contribution is 2.07. The van der Waals surface area contributed by atoms with E-state index in [9.17, 15) is 4.79 Å². The zero-order chi connectivity index (χ0) is 10.6. The van der Waals surface area contributed by atoms with Crippen LogP contribution >= 0.6 is 0 Å². The molecule has 3 heteroatoms. The molecule has 0 aliphatic carbocycles. The van der Waals surface area contributed by atoms with E-state index < -0.39 is 0 Å². The van der Waals surface area contributed by atoms with Crippen LogP contribution in [0.5, 0.6) is 0 Å².